The van der Waals surface area contributed by atoms with Crippen LogP contribution in [0.15, 0.2) is 63.1 Å². The fourth-order valence-electron chi connectivity index (χ4n) is 2.32. The van der Waals surface area contributed by atoms with Crippen LogP contribution in [0.2, 0.25) is 5.02 Å². The Bertz CT molecular complexity index is 1070. The highest BCUT2D eigenvalue weighted by Gasteiger charge is 2.13. The number of furan rings is 1. The zero-order chi connectivity index (χ0) is 17.9. The van der Waals surface area contributed by atoms with E-state index in [1.807, 2.05) is 12.1 Å². The predicted octanol–water partition coefficient (Wildman–Crippen LogP) is 3.50. The molecule has 0 fully saturated rings. The zero-order valence-corrected chi connectivity index (χ0v) is 15.0. The van der Waals surface area contributed by atoms with E-state index in [1.165, 1.54) is 17.8 Å². The van der Waals surface area contributed by atoms with E-state index in [2.05, 4.69) is 15.1 Å². The maximum Gasteiger partial charge on any atom is 0.266 e. The van der Waals surface area contributed by atoms with Crippen molar-refractivity contribution in [3.63, 3.8) is 0 Å². The number of nitrogens with zero attached hydrogens (tertiary/aromatic N) is 3. The summed E-state index contributed by atoms with van der Waals surface area (Å²) in [4.78, 5) is 20.5. The Morgan fingerprint density at radius 3 is 2.85 bits per heavy atom. The Kier molecular flexibility index (Phi) is 4.68. The second-order valence-corrected chi connectivity index (χ2v) is 6.77. The van der Waals surface area contributed by atoms with Crippen LogP contribution in [0, 0.1) is 0 Å². The van der Waals surface area contributed by atoms with Crippen LogP contribution >= 0.6 is 23.4 Å². The number of ether oxygens (including phenoxy) is 1. The van der Waals surface area contributed by atoms with E-state index in [-0.39, 0.29) is 5.56 Å². The summed E-state index contributed by atoms with van der Waals surface area (Å²) in [6, 6.07) is 12.1. The molecule has 0 atom stereocenters. The molecular weight excluding hydrogens is 376 g/mol. The summed E-state index contributed by atoms with van der Waals surface area (Å²) >= 11 is 7.30. The average molecular weight is 389 g/mol. The summed E-state index contributed by atoms with van der Waals surface area (Å²) in [5.74, 6) is 2.34. The van der Waals surface area contributed by atoms with Crippen LogP contribution in [0.4, 0.5) is 0 Å². The Morgan fingerprint density at radius 1 is 1.23 bits per heavy atom. The predicted molar refractivity (Wildman–Crippen MR) is 99.0 cm³/mol. The zero-order valence-electron chi connectivity index (χ0n) is 13.4. The molecule has 0 spiro atoms. The number of nitrogens with one attached hydrogen (secondary N) is 1. The topological polar surface area (TPSA) is 85.4 Å². The molecule has 9 heteroatoms. The van der Waals surface area contributed by atoms with Gasteiger partial charge in [0.05, 0.1) is 12.9 Å². The molecule has 3 heterocycles. The van der Waals surface area contributed by atoms with E-state index in [9.17, 15) is 4.79 Å². The summed E-state index contributed by atoms with van der Waals surface area (Å²) in [5, 5.41) is 3.96. The lowest BCUT2D eigenvalue weighted by Crippen LogP contribution is -2.06. The largest absolute Gasteiger partial charge is 0.493 e. The molecule has 0 saturated carbocycles. The second-order valence-electron chi connectivity index (χ2n) is 5.27. The molecule has 26 heavy (non-hydrogen) atoms. The van der Waals surface area contributed by atoms with Crippen molar-refractivity contribution < 1.29 is 9.15 Å². The summed E-state index contributed by atoms with van der Waals surface area (Å²) in [6.45, 7) is 0.472. The second kappa shape index (κ2) is 7.27. The van der Waals surface area contributed by atoms with Gasteiger partial charge < -0.3 is 9.15 Å². The molecule has 0 aliphatic heterocycles. The van der Waals surface area contributed by atoms with Crippen molar-refractivity contribution in [2.75, 3.05) is 12.4 Å². The molecule has 0 radical (unpaired) electrons. The van der Waals surface area contributed by atoms with Gasteiger partial charge in [-0.1, -0.05) is 23.4 Å². The fourth-order valence-corrected chi connectivity index (χ4v) is 3.21. The molecule has 1 aromatic carbocycles. The molecule has 0 aliphatic carbocycles. The number of hydrogen-bond acceptors (Lipinski definition) is 6. The van der Waals surface area contributed by atoms with E-state index in [0.717, 1.165) is 5.75 Å². The summed E-state index contributed by atoms with van der Waals surface area (Å²) in [6.07, 6.45) is 1.55. The SMILES string of the molecule is O=c1cc2nc(-c3ccco3)nc(SCCOc3ccc(Cl)cc3)n2[nH]1. The Hall–Kier alpha value is -2.71. The minimum absolute atomic E-state index is 0.241. The molecular formula is C17H13ClN4O3S. The van der Waals surface area contributed by atoms with Gasteiger partial charge in [0, 0.05) is 16.8 Å². The first-order chi connectivity index (χ1) is 12.7. The molecule has 0 unspecified atom stereocenters. The van der Waals surface area contributed by atoms with Gasteiger partial charge in [0.1, 0.15) is 5.75 Å². The molecule has 0 aliphatic rings. The van der Waals surface area contributed by atoms with Crippen molar-refractivity contribution >= 4 is 29.0 Å². The van der Waals surface area contributed by atoms with Crippen molar-refractivity contribution in [3.8, 4) is 17.3 Å². The molecule has 132 valence electrons. The van der Waals surface area contributed by atoms with Gasteiger partial charge in [-0.2, -0.15) is 4.98 Å². The number of hydrogen-bond donors (Lipinski definition) is 1. The third-order valence-electron chi connectivity index (χ3n) is 3.46. The number of rotatable bonds is 6. The van der Waals surface area contributed by atoms with E-state index < -0.39 is 0 Å². The van der Waals surface area contributed by atoms with Gasteiger partial charge in [0.15, 0.2) is 22.4 Å². The Morgan fingerprint density at radius 2 is 2.08 bits per heavy atom. The quantitative estimate of drug-likeness (QED) is 0.402. The summed E-state index contributed by atoms with van der Waals surface area (Å²) in [7, 11) is 0. The normalized spacial score (nSPS) is 11.1. The van der Waals surface area contributed by atoms with Gasteiger partial charge in [0.2, 0.25) is 0 Å². The summed E-state index contributed by atoms with van der Waals surface area (Å²) in [5.41, 5.74) is 0.243. The van der Waals surface area contributed by atoms with Gasteiger partial charge in [-0.15, -0.1) is 0 Å². The van der Waals surface area contributed by atoms with Crippen LogP contribution in [0.5, 0.6) is 5.75 Å². The molecule has 4 aromatic rings. The van der Waals surface area contributed by atoms with Crippen LogP contribution in [-0.2, 0) is 0 Å². The molecule has 1 N–H and O–H groups in total. The average Bonchev–Trinajstić information content (AvgIpc) is 3.28. The number of fused-ring (bicyclic) bond motifs is 1. The summed E-state index contributed by atoms with van der Waals surface area (Å²) < 4.78 is 12.6. The molecule has 0 saturated heterocycles. The fraction of sp³-hybridized carbons (Fsp3) is 0.118. The first kappa shape index (κ1) is 16.7. The van der Waals surface area contributed by atoms with Crippen LogP contribution in [-0.4, -0.2) is 31.9 Å². The Labute approximate surface area is 157 Å². The molecule has 0 bridgehead atoms. The van der Waals surface area contributed by atoms with Crippen LogP contribution in [0.25, 0.3) is 17.2 Å². The highest BCUT2D eigenvalue weighted by molar-refractivity contribution is 7.99. The van der Waals surface area contributed by atoms with Gasteiger partial charge in [-0.05, 0) is 36.4 Å². The number of benzene rings is 1. The lowest BCUT2D eigenvalue weighted by molar-refractivity contribution is 0.344. The molecule has 3 aromatic heterocycles. The minimum atomic E-state index is -0.241. The van der Waals surface area contributed by atoms with Gasteiger partial charge in [-0.3, -0.25) is 9.89 Å². The van der Waals surface area contributed by atoms with Crippen LogP contribution in [0.1, 0.15) is 0 Å². The van der Waals surface area contributed by atoms with Gasteiger partial charge >= 0.3 is 0 Å². The minimum Gasteiger partial charge on any atom is -0.493 e. The maximum atomic E-state index is 11.7. The van der Waals surface area contributed by atoms with E-state index >= 15 is 0 Å². The smallest absolute Gasteiger partial charge is 0.266 e. The van der Waals surface area contributed by atoms with E-state index in [1.54, 1.807) is 35.0 Å². The number of thioether (sulfide) groups is 1. The molecule has 4 rings (SSSR count). The number of aromatic amines is 1. The monoisotopic (exact) mass is 388 g/mol. The first-order valence-electron chi connectivity index (χ1n) is 7.74. The van der Waals surface area contributed by atoms with Crippen molar-refractivity contribution in [3.05, 3.63) is 64.1 Å². The lowest BCUT2D eigenvalue weighted by Gasteiger charge is -2.08. The van der Waals surface area contributed by atoms with Gasteiger partial charge in [0.25, 0.3) is 5.56 Å². The standard InChI is InChI=1S/C17H13ClN4O3S/c18-11-3-5-12(6-4-11)24-8-9-26-17-20-16(13-2-1-7-25-13)19-14-10-15(23)21-22(14)17/h1-7,10H,8-9H2,(H,21,23). The highest BCUT2D eigenvalue weighted by Crippen LogP contribution is 2.22. The maximum absolute atomic E-state index is 11.7. The van der Waals surface area contributed by atoms with E-state index in [0.29, 0.717) is 39.8 Å². The number of H-pyrrole nitrogens is 1. The lowest BCUT2D eigenvalue weighted by atomic mass is 10.3. The third kappa shape index (κ3) is 3.61. The van der Waals surface area contributed by atoms with Crippen LogP contribution < -0.4 is 10.3 Å². The molecule has 7 nitrogen and oxygen atoms in total. The number of halogens is 1. The van der Waals surface area contributed by atoms with Crippen molar-refractivity contribution in [2.45, 2.75) is 5.16 Å². The first-order valence-corrected chi connectivity index (χ1v) is 9.10. The van der Waals surface area contributed by atoms with Crippen molar-refractivity contribution in [1.82, 2.24) is 19.6 Å². The number of aromatic nitrogens is 4. The van der Waals surface area contributed by atoms with Crippen molar-refractivity contribution in [2.24, 2.45) is 0 Å². The third-order valence-corrected chi connectivity index (χ3v) is 4.62. The van der Waals surface area contributed by atoms with E-state index in [4.69, 9.17) is 20.8 Å². The van der Waals surface area contributed by atoms with Crippen LogP contribution in [0.3, 0.4) is 0 Å². The molecule has 0 amide bonds. The van der Waals surface area contributed by atoms with Gasteiger partial charge in [-0.25, -0.2) is 9.50 Å². The highest BCUT2D eigenvalue weighted by atomic mass is 35.5. The Balaban J connectivity index is 1.51. The van der Waals surface area contributed by atoms with Crippen molar-refractivity contribution in [1.29, 1.82) is 0 Å².